The van der Waals surface area contributed by atoms with Gasteiger partial charge in [0.1, 0.15) is 0 Å². The highest BCUT2D eigenvalue weighted by Gasteiger charge is 2.16. The molecule has 0 unspecified atom stereocenters. The summed E-state index contributed by atoms with van der Waals surface area (Å²) in [5.41, 5.74) is 1.35. The van der Waals surface area contributed by atoms with E-state index in [-0.39, 0.29) is 0 Å². The van der Waals surface area contributed by atoms with Crippen molar-refractivity contribution >= 4 is 15.9 Å². The first-order chi connectivity index (χ1) is 8.24. The summed E-state index contributed by atoms with van der Waals surface area (Å²) < 4.78 is 1.07. The Morgan fingerprint density at radius 2 is 1.76 bits per heavy atom. The number of nitrogens with zero attached hydrogens (tertiary/aromatic N) is 3. The lowest BCUT2D eigenvalue weighted by Crippen LogP contribution is -2.46. The molecule has 1 fully saturated rings. The maximum atomic E-state index is 4.04. The molecule has 0 radical (unpaired) electrons. The molecule has 3 nitrogen and oxygen atoms in total. The van der Waals surface area contributed by atoms with Gasteiger partial charge in [0.05, 0.1) is 0 Å². The normalized spacial score (nSPS) is 18.2. The smallest absolute Gasteiger partial charge is 0.0294 e. The topological polar surface area (TPSA) is 19.4 Å². The zero-order valence-electron chi connectivity index (χ0n) is 9.98. The molecule has 1 aliphatic rings. The van der Waals surface area contributed by atoms with Gasteiger partial charge in [-0.15, -0.1) is 0 Å². The zero-order chi connectivity index (χ0) is 12.1. The Bertz CT molecular complexity index is 358. The molecule has 0 aliphatic carbocycles. The van der Waals surface area contributed by atoms with Crippen molar-refractivity contribution < 1.29 is 0 Å². The summed E-state index contributed by atoms with van der Waals surface area (Å²) in [7, 11) is 0. The van der Waals surface area contributed by atoms with Crippen LogP contribution in [0, 0.1) is 0 Å². The molecule has 0 amide bonds. The fourth-order valence-corrected chi connectivity index (χ4v) is 2.45. The molecule has 0 atom stereocenters. The lowest BCUT2D eigenvalue weighted by atomic mass is 10.2. The molecule has 0 saturated carbocycles. The average molecular weight is 296 g/mol. The van der Waals surface area contributed by atoms with Crippen molar-refractivity contribution in [1.29, 1.82) is 0 Å². The molecular weight excluding hydrogens is 278 g/mol. The molecule has 4 heteroatoms. The van der Waals surface area contributed by atoms with Crippen LogP contribution in [0.25, 0.3) is 0 Å². The number of hydrogen-bond acceptors (Lipinski definition) is 3. The molecule has 92 valence electrons. The Balaban J connectivity index is 1.78. The van der Waals surface area contributed by atoms with E-state index < -0.39 is 0 Å². The zero-order valence-corrected chi connectivity index (χ0v) is 11.6. The fourth-order valence-electron chi connectivity index (χ4n) is 2.09. The van der Waals surface area contributed by atoms with Gasteiger partial charge in [-0.25, -0.2) is 0 Å². The highest BCUT2D eigenvalue weighted by molar-refractivity contribution is 9.11. The molecule has 0 spiro atoms. The van der Waals surface area contributed by atoms with Gasteiger partial charge < -0.3 is 0 Å². The van der Waals surface area contributed by atoms with Crippen LogP contribution < -0.4 is 0 Å². The number of pyridine rings is 1. The molecule has 17 heavy (non-hydrogen) atoms. The van der Waals surface area contributed by atoms with Crippen LogP contribution in [-0.2, 0) is 6.54 Å². The van der Waals surface area contributed by atoms with E-state index in [9.17, 15) is 0 Å². The van der Waals surface area contributed by atoms with Crippen molar-refractivity contribution in [3.63, 3.8) is 0 Å². The minimum atomic E-state index is 0.961. The molecule has 0 bridgehead atoms. The summed E-state index contributed by atoms with van der Waals surface area (Å²) in [4.78, 5) is 8.96. The van der Waals surface area contributed by atoms with E-state index in [4.69, 9.17) is 0 Å². The van der Waals surface area contributed by atoms with Crippen LogP contribution in [0.15, 0.2) is 35.6 Å². The summed E-state index contributed by atoms with van der Waals surface area (Å²) in [5, 5.41) is 0. The quantitative estimate of drug-likeness (QED) is 0.848. The van der Waals surface area contributed by atoms with Crippen LogP contribution in [0.3, 0.4) is 0 Å². The first-order valence-electron chi connectivity index (χ1n) is 5.91. The van der Waals surface area contributed by atoms with Gasteiger partial charge in [0.2, 0.25) is 0 Å². The summed E-state index contributed by atoms with van der Waals surface area (Å²) >= 11 is 3.42. The largest absolute Gasteiger partial charge is 0.297 e. The average Bonchev–Trinajstić information content (AvgIpc) is 2.32. The summed E-state index contributed by atoms with van der Waals surface area (Å²) in [6, 6.07) is 4.18. The van der Waals surface area contributed by atoms with Gasteiger partial charge in [0, 0.05) is 56.1 Å². The second kappa shape index (κ2) is 6.28. The first kappa shape index (κ1) is 12.7. The van der Waals surface area contributed by atoms with Gasteiger partial charge in [-0.2, -0.15) is 0 Å². The van der Waals surface area contributed by atoms with Gasteiger partial charge in [-0.1, -0.05) is 22.5 Å². The molecule has 0 N–H and O–H groups in total. The number of aromatic nitrogens is 1. The highest BCUT2D eigenvalue weighted by Crippen LogP contribution is 2.10. The van der Waals surface area contributed by atoms with Gasteiger partial charge in [-0.3, -0.25) is 14.8 Å². The minimum Gasteiger partial charge on any atom is -0.297 e. The van der Waals surface area contributed by atoms with E-state index in [2.05, 4.69) is 49.4 Å². The number of piperazine rings is 1. The van der Waals surface area contributed by atoms with Gasteiger partial charge in [0.25, 0.3) is 0 Å². The lowest BCUT2D eigenvalue weighted by Gasteiger charge is -2.34. The van der Waals surface area contributed by atoms with Crippen LogP contribution in [0.1, 0.15) is 5.56 Å². The molecule has 0 aromatic carbocycles. The third-order valence-electron chi connectivity index (χ3n) is 3.02. The van der Waals surface area contributed by atoms with E-state index in [1.165, 1.54) is 5.56 Å². The van der Waals surface area contributed by atoms with Crippen LogP contribution >= 0.6 is 15.9 Å². The number of rotatable bonds is 4. The van der Waals surface area contributed by atoms with E-state index in [0.717, 1.165) is 43.8 Å². The van der Waals surface area contributed by atoms with Crippen molar-refractivity contribution in [2.45, 2.75) is 6.54 Å². The molecule has 1 saturated heterocycles. The van der Waals surface area contributed by atoms with E-state index in [0.29, 0.717) is 0 Å². The summed E-state index contributed by atoms with van der Waals surface area (Å²) in [5.74, 6) is 0. The second-order valence-electron chi connectivity index (χ2n) is 4.43. The Labute approximate surface area is 111 Å². The van der Waals surface area contributed by atoms with Crippen LogP contribution in [0.2, 0.25) is 0 Å². The van der Waals surface area contributed by atoms with Crippen molar-refractivity contribution in [2.75, 3.05) is 32.7 Å². The third-order valence-corrected chi connectivity index (χ3v) is 3.27. The van der Waals surface area contributed by atoms with Gasteiger partial charge in [0.15, 0.2) is 0 Å². The van der Waals surface area contributed by atoms with Crippen LogP contribution in [0.5, 0.6) is 0 Å². The monoisotopic (exact) mass is 295 g/mol. The van der Waals surface area contributed by atoms with Crippen molar-refractivity contribution in [3.8, 4) is 0 Å². The fraction of sp³-hybridized carbons (Fsp3) is 0.462. The third kappa shape index (κ3) is 4.22. The minimum absolute atomic E-state index is 0.961. The first-order valence-corrected chi connectivity index (χ1v) is 6.70. The van der Waals surface area contributed by atoms with Crippen LogP contribution in [-0.4, -0.2) is 47.5 Å². The van der Waals surface area contributed by atoms with E-state index in [1.807, 2.05) is 12.4 Å². The Morgan fingerprint density at radius 3 is 2.35 bits per heavy atom. The van der Waals surface area contributed by atoms with Gasteiger partial charge >= 0.3 is 0 Å². The molecule has 1 aliphatic heterocycles. The highest BCUT2D eigenvalue weighted by atomic mass is 79.9. The molecule has 1 aromatic heterocycles. The molecule has 2 rings (SSSR count). The van der Waals surface area contributed by atoms with E-state index in [1.54, 1.807) is 0 Å². The second-order valence-corrected chi connectivity index (χ2v) is 5.55. The summed E-state index contributed by atoms with van der Waals surface area (Å²) in [6.07, 6.45) is 3.72. The SMILES string of the molecule is C=C(Br)CN1CCN(Cc2ccncc2)CC1. The number of hydrogen-bond donors (Lipinski definition) is 0. The Hall–Kier alpha value is -0.710. The maximum absolute atomic E-state index is 4.04. The standard InChI is InChI=1S/C13H18BrN3/c1-12(14)10-16-6-8-17(9-7-16)11-13-2-4-15-5-3-13/h2-5H,1,6-11H2. The summed E-state index contributed by atoms with van der Waals surface area (Å²) in [6.45, 7) is 10.4. The Morgan fingerprint density at radius 1 is 1.18 bits per heavy atom. The van der Waals surface area contributed by atoms with Crippen molar-refractivity contribution in [2.24, 2.45) is 0 Å². The lowest BCUT2D eigenvalue weighted by molar-refractivity contribution is 0.136. The van der Waals surface area contributed by atoms with Crippen molar-refractivity contribution in [1.82, 2.24) is 14.8 Å². The maximum Gasteiger partial charge on any atom is 0.0294 e. The molecular formula is C13H18BrN3. The van der Waals surface area contributed by atoms with Crippen molar-refractivity contribution in [3.05, 3.63) is 41.2 Å². The van der Waals surface area contributed by atoms with Crippen LogP contribution in [0.4, 0.5) is 0 Å². The predicted molar refractivity (Wildman–Crippen MR) is 74.0 cm³/mol. The number of halogens is 1. The predicted octanol–water partition coefficient (Wildman–Crippen LogP) is 2.11. The molecule has 2 heterocycles. The molecule has 1 aromatic rings. The van der Waals surface area contributed by atoms with E-state index >= 15 is 0 Å². The Kier molecular flexibility index (Phi) is 4.71. The van der Waals surface area contributed by atoms with Gasteiger partial charge in [-0.05, 0) is 17.7 Å².